The fourth-order valence-electron chi connectivity index (χ4n) is 2.57. The zero-order chi connectivity index (χ0) is 14.1. The van der Waals surface area contributed by atoms with Gasteiger partial charge in [-0.15, -0.1) is 0 Å². The molecule has 0 radical (unpaired) electrons. The molecular formula is C16H20N4. The summed E-state index contributed by atoms with van der Waals surface area (Å²) in [7, 11) is 2.13. The maximum atomic E-state index is 5.88. The van der Waals surface area contributed by atoms with Crippen molar-refractivity contribution in [2.24, 2.45) is 5.73 Å². The minimum Gasteiger partial charge on any atom is -0.371 e. The van der Waals surface area contributed by atoms with Crippen molar-refractivity contribution in [3.63, 3.8) is 0 Å². The molecule has 1 aromatic carbocycles. The van der Waals surface area contributed by atoms with Crippen LogP contribution in [0.2, 0.25) is 0 Å². The number of fused-ring (bicyclic) bond motifs is 1. The Balaban J connectivity index is 1.97. The van der Waals surface area contributed by atoms with Crippen molar-refractivity contribution in [1.29, 1.82) is 0 Å². The van der Waals surface area contributed by atoms with E-state index in [1.165, 1.54) is 11.4 Å². The van der Waals surface area contributed by atoms with E-state index in [-0.39, 0.29) is 6.04 Å². The molecule has 4 heteroatoms. The van der Waals surface area contributed by atoms with E-state index in [9.17, 15) is 0 Å². The Morgan fingerprint density at radius 1 is 1.10 bits per heavy atom. The van der Waals surface area contributed by atoms with E-state index in [0.717, 1.165) is 24.5 Å². The molecule has 1 aliphatic heterocycles. The van der Waals surface area contributed by atoms with Crippen molar-refractivity contribution in [3.05, 3.63) is 48.2 Å². The van der Waals surface area contributed by atoms with E-state index in [0.29, 0.717) is 0 Å². The molecule has 0 bridgehead atoms. The maximum Gasteiger partial charge on any atom is 0.133 e. The summed E-state index contributed by atoms with van der Waals surface area (Å²) < 4.78 is 0. The first-order chi connectivity index (χ1) is 9.66. The number of nitrogens with two attached hydrogens (primary N) is 1. The summed E-state index contributed by atoms with van der Waals surface area (Å²) in [4.78, 5) is 9.12. The highest BCUT2D eigenvalue weighted by Crippen LogP contribution is 2.35. The van der Waals surface area contributed by atoms with Gasteiger partial charge in [-0.3, -0.25) is 0 Å². The molecule has 0 saturated heterocycles. The zero-order valence-corrected chi connectivity index (χ0v) is 12.0. The molecule has 1 aliphatic rings. The van der Waals surface area contributed by atoms with Gasteiger partial charge in [-0.1, -0.05) is 18.2 Å². The SMILES string of the molecule is C[C@@H](N)c1ccc(N2CCN(C)c3ccccc32)nc1. The third-order valence-electron chi connectivity index (χ3n) is 3.82. The second-order valence-corrected chi connectivity index (χ2v) is 5.30. The number of nitrogens with zero attached hydrogens (tertiary/aromatic N) is 3. The minimum absolute atomic E-state index is 0.0244. The number of hydrogen-bond acceptors (Lipinski definition) is 4. The molecule has 20 heavy (non-hydrogen) atoms. The fourth-order valence-corrected chi connectivity index (χ4v) is 2.57. The minimum atomic E-state index is 0.0244. The van der Waals surface area contributed by atoms with E-state index in [1.54, 1.807) is 0 Å². The molecule has 2 aromatic rings. The van der Waals surface area contributed by atoms with E-state index >= 15 is 0 Å². The average molecular weight is 268 g/mol. The van der Waals surface area contributed by atoms with Crippen LogP contribution < -0.4 is 15.5 Å². The van der Waals surface area contributed by atoms with Gasteiger partial charge < -0.3 is 15.5 Å². The Hall–Kier alpha value is -2.07. The van der Waals surface area contributed by atoms with Crippen LogP contribution in [-0.2, 0) is 0 Å². The lowest BCUT2D eigenvalue weighted by atomic mass is 10.1. The Kier molecular flexibility index (Phi) is 3.32. The van der Waals surface area contributed by atoms with Gasteiger partial charge in [0.2, 0.25) is 0 Å². The second kappa shape index (κ2) is 5.13. The normalized spacial score (nSPS) is 15.9. The van der Waals surface area contributed by atoms with Crippen LogP contribution in [0.25, 0.3) is 0 Å². The summed E-state index contributed by atoms with van der Waals surface area (Å²) >= 11 is 0. The molecule has 0 fully saturated rings. The Morgan fingerprint density at radius 2 is 1.85 bits per heavy atom. The van der Waals surface area contributed by atoms with Crippen LogP contribution in [0.1, 0.15) is 18.5 Å². The van der Waals surface area contributed by atoms with Crippen LogP contribution in [0.4, 0.5) is 17.2 Å². The van der Waals surface area contributed by atoms with E-state index < -0.39 is 0 Å². The molecular weight excluding hydrogens is 248 g/mol. The molecule has 104 valence electrons. The number of hydrogen-bond donors (Lipinski definition) is 1. The molecule has 0 unspecified atom stereocenters. The highest BCUT2D eigenvalue weighted by Gasteiger charge is 2.21. The molecule has 0 amide bonds. The predicted molar refractivity (Wildman–Crippen MR) is 83.6 cm³/mol. The van der Waals surface area contributed by atoms with Crippen molar-refractivity contribution in [2.75, 3.05) is 29.9 Å². The highest BCUT2D eigenvalue weighted by atomic mass is 15.3. The number of pyridine rings is 1. The summed E-state index contributed by atoms with van der Waals surface area (Å²) in [5, 5.41) is 0. The Labute approximate surface area is 119 Å². The molecule has 2 N–H and O–H groups in total. The van der Waals surface area contributed by atoms with Gasteiger partial charge in [0, 0.05) is 32.4 Å². The summed E-state index contributed by atoms with van der Waals surface area (Å²) in [5.74, 6) is 0.981. The first-order valence-electron chi connectivity index (χ1n) is 6.96. The van der Waals surface area contributed by atoms with Gasteiger partial charge in [0.25, 0.3) is 0 Å². The van der Waals surface area contributed by atoms with Gasteiger partial charge in [0.05, 0.1) is 11.4 Å². The van der Waals surface area contributed by atoms with Crippen molar-refractivity contribution >= 4 is 17.2 Å². The maximum absolute atomic E-state index is 5.88. The molecule has 0 saturated carbocycles. The number of para-hydroxylation sites is 2. The molecule has 2 heterocycles. The molecule has 3 rings (SSSR count). The summed E-state index contributed by atoms with van der Waals surface area (Å²) in [6, 6.07) is 12.6. The van der Waals surface area contributed by atoms with Crippen LogP contribution in [0, 0.1) is 0 Å². The van der Waals surface area contributed by atoms with E-state index in [1.807, 2.05) is 13.1 Å². The van der Waals surface area contributed by atoms with Gasteiger partial charge in [-0.2, -0.15) is 0 Å². The van der Waals surface area contributed by atoms with Crippen molar-refractivity contribution in [1.82, 2.24) is 4.98 Å². The van der Waals surface area contributed by atoms with Crippen molar-refractivity contribution in [2.45, 2.75) is 13.0 Å². The molecule has 1 atom stereocenters. The third-order valence-corrected chi connectivity index (χ3v) is 3.82. The third kappa shape index (κ3) is 2.23. The second-order valence-electron chi connectivity index (χ2n) is 5.30. The lowest BCUT2D eigenvalue weighted by Crippen LogP contribution is -2.36. The van der Waals surface area contributed by atoms with Gasteiger partial charge >= 0.3 is 0 Å². The van der Waals surface area contributed by atoms with Gasteiger partial charge in [0.15, 0.2) is 0 Å². The molecule has 1 aromatic heterocycles. The van der Waals surface area contributed by atoms with Crippen LogP contribution in [-0.4, -0.2) is 25.1 Å². The number of benzene rings is 1. The van der Waals surface area contributed by atoms with Crippen molar-refractivity contribution in [3.8, 4) is 0 Å². The first-order valence-corrected chi connectivity index (χ1v) is 6.96. The van der Waals surface area contributed by atoms with Crippen LogP contribution >= 0.6 is 0 Å². The molecule has 4 nitrogen and oxygen atoms in total. The Bertz CT molecular complexity index is 592. The number of likely N-dealkylation sites (N-methyl/N-ethyl adjacent to an activating group) is 1. The first kappa shape index (κ1) is 12.9. The highest BCUT2D eigenvalue weighted by molar-refractivity contribution is 5.78. The smallest absolute Gasteiger partial charge is 0.133 e. The monoisotopic (exact) mass is 268 g/mol. The van der Waals surface area contributed by atoms with Gasteiger partial charge in [-0.05, 0) is 30.7 Å². The predicted octanol–water partition coefficient (Wildman–Crippen LogP) is 2.69. The largest absolute Gasteiger partial charge is 0.371 e. The number of aromatic nitrogens is 1. The molecule has 0 aliphatic carbocycles. The lowest BCUT2D eigenvalue weighted by Gasteiger charge is -2.36. The number of anilines is 3. The van der Waals surface area contributed by atoms with E-state index in [2.05, 4.69) is 58.2 Å². The fraction of sp³-hybridized carbons (Fsp3) is 0.312. The van der Waals surface area contributed by atoms with Gasteiger partial charge in [0.1, 0.15) is 5.82 Å². The summed E-state index contributed by atoms with van der Waals surface area (Å²) in [6.07, 6.45) is 1.88. The quantitative estimate of drug-likeness (QED) is 0.909. The average Bonchev–Trinajstić information content (AvgIpc) is 2.48. The lowest BCUT2D eigenvalue weighted by molar-refractivity contribution is 0.797. The van der Waals surface area contributed by atoms with Crippen LogP contribution in [0.15, 0.2) is 42.6 Å². The van der Waals surface area contributed by atoms with Crippen molar-refractivity contribution < 1.29 is 0 Å². The topological polar surface area (TPSA) is 45.4 Å². The van der Waals surface area contributed by atoms with Crippen LogP contribution in [0.3, 0.4) is 0 Å². The van der Waals surface area contributed by atoms with E-state index in [4.69, 9.17) is 5.73 Å². The molecule has 0 spiro atoms. The Morgan fingerprint density at radius 3 is 2.50 bits per heavy atom. The van der Waals surface area contributed by atoms with Crippen LogP contribution in [0.5, 0.6) is 0 Å². The standard InChI is InChI=1S/C16H20N4/c1-12(17)13-7-8-16(18-11-13)20-10-9-19(2)14-5-3-4-6-15(14)20/h3-8,11-12H,9-10,17H2,1-2H3/t12-/m1/s1. The zero-order valence-electron chi connectivity index (χ0n) is 12.0. The summed E-state index contributed by atoms with van der Waals surface area (Å²) in [6.45, 7) is 3.91. The summed E-state index contributed by atoms with van der Waals surface area (Å²) in [5.41, 5.74) is 9.40. The van der Waals surface area contributed by atoms with Gasteiger partial charge in [-0.25, -0.2) is 4.98 Å². The number of rotatable bonds is 2.